The molecule has 2 rings (SSSR count). The van der Waals surface area contributed by atoms with Gasteiger partial charge in [0.25, 0.3) is 0 Å². The normalized spacial score (nSPS) is 26.9. The van der Waals surface area contributed by atoms with Crippen LogP contribution < -0.4 is 24.0 Å². The van der Waals surface area contributed by atoms with Crippen LogP contribution in [-0.2, 0) is 0 Å². The van der Waals surface area contributed by atoms with Crippen molar-refractivity contribution < 1.29 is 28.5 Å². The number of halogens is 1. The van der Waals surface area contributed by atoms with E-state index in [1.54, 1.807) is 5.56 Å². The summed E-state index contributed by atoms with van der Waals surface area (Å²) in [6.07, 6.45) is 5.58. The molecular weight excluding hydrogens is 373 g/mol. The Bertz CT molecular complexity index is 424. The van der Waals surface area contributed by atoms with Crippen LogP contribution in [0.15, 0.2) is 24.3 Å². The molecule has 0 bridgehead atoms. The zero-order valence-corrected chi connectivity index (χ0v) is 16.9. The highest BCUT2D eigenvalue weighted by molar-refractivity contribution is 6.76. The molecule has 0 N–H and O–H groups in total. The van der Waals surface area contributed by atoms with Crippen molar-refractivity contribution in [1.29, 1.82) is 0 Å². The molecule has 0 radical (unpaired) electrons. The van der Waals surface area contributed by atoms with Crippen LogP contribution in [0.1, 0.15) is 36.4 Å². The molecule has 0 aliphatic carbocycles. The van der Waals surface area contributed by atoms with Crippen LogP contribution in [0.3, 0.4) is 0 Å². The first-order valence-electron chi connectivity index (χ1n) is 7.71. The molecule has 2 atom stereocenters. The quantitative estimate of drug-likeness (QED) is 0.408. The number of hydrogen-bond donors (Lipinski definition) is 0. The van der Waals surface area contributed by atoms with Crippen LogP contribution in [0.4, 0.5) is 0 Å². The van der Waals surface area contributed by atoms with Gasteiger partial charge in [-0.05, 0) is 19.8 Å². The van der Waals surface area contributed by atoms with Crippen molar-refractivity contribution >= 4 is 8.07 Å². The summed E-state index contributed by atoms with van der Waals surface area (Å²) in [4.78, 5) is 0. The minimum atomic E-state index is -1.03. The number of aryl methyl sites for hydroxylation is 1. The molecular formula is C17H30INSi. The summed E-state index contributed by atoms with van der Waals surface area (Å²) in [6.45, 7) is 11.1. The minimum absolute atomic E-state index is 0. The van der Waals surface area contributed by atoms with E-state index < -0.39 is 8.07 Å². The monoisotopic (exact) mass is 403 g/mol. The lowest BCUT2D eigenvalue weighted by molar-refractivity contribution is -0.935. The van der Waals surface area contributed by atoms with Gasteiger partial charge < -0.3 is 28.5 Å². The van der Waals surface area contributed by atoms with Crippen LogP contribution in [0.5, 0.6) is 0 Å². The lowest BCUT2D eigenvalue weighted by Crippen LogP contribution is -3.00. The van der Waals surface area contributed by atoms with Gasteiger partial charge in [0.2, 0.25) is 0 Å². The van der Waals surface area contributed by atoms with Crippen molar-refractivity contribution in [2.24, 2.45) is 0 Å². The summed E-state index contributed by atoms with van der Waals surface area (Å²) >= 11 is 0. The summed E-state index contributed by atoms with van der Waals surface area (Å²) in [6, 6.07) is 10.0. The van der Waals surface area contributed by atoms with E-state index in [1.165, 1.54) is 42.0 Å². The molecule has 0 saturated carbocycles. The molecule has 1 aromatic rings. The lowest BCUT2D eigenvalue weighted by Gasteiger charge is -2.47. The van der Waals surface area contributed by atoms with E-state index in [2.05, 4.69) is 57.9 Å². The van der Waals surface area contributed by atoms with Crippen molar-refractivity contribution in [3.63, 3.8) is 0 Å². The fourth-order valence-corrected chi connectivity index (χ4v) is 6.41. The Morgan fingerprint density at radius 3 is 2.25 bits per heavy atom. The molecule has 2 unspecified atom stereocenters. The maximum absolute atomic E-state index is 2.51. The highest BCUT2D eigenvalue weighted by Crippen LogP contribution is 2.37. The zero-order valence-electron chi connectivity index (χ0n) is 13.7. The summed E-state index contributed by atoms with van der Waals surface area (Å²) in [7, 11) is 1.47. The first kappa shape index (κ1) is 18.2. The van der Waals surface area contributed by atoms with Gasteiger partial charge >= 0.3 is 0 Å². The maximum Gasteiger partial charge on any atom is 0.114 e. The standard InChI is InChI=1S/C17H30NSi.HI/c1-15-9-11-16(12-10-15)17-8-6-7-13-18(17,2)14-19(3,4)5;/h9-12,17H,6-8,13-14H2,1-5H3;1H/q+1;/p-1. The fourth-order valence-electron chi connectivity index (χ4n) is 3.87. The third-order valence-electron chi connectivity index (χ3n) is 4.45. The SMILES string of the molecule is Cc1ccc(C2CCCC[N+]2(C)C[Si](C)(C)C)cc1.[I-]. The molecule has 0 aromatic heterocycles. The van der Waals surface area contributed by atoms with Crippen LogP contribution in [-0.4, -0.2) is 32.3 Å². The Labute approximate surface area is 143 Å². The average Bonchev–Trinajstić information content (AvgIpc) is 2.28. The van der Waals surface area contributed by atoms with Crippen molar-refractivity contribution in [1.82, 2.24) is 0 Å². The van der Waals surface area contributed by atoms with Gasteiger partial charge in [0.1, 0.15) is 14.1 Å². The molecule has 1 aromatic carbocycles. The molecule has 20 heavy (non-hydrogen) atoms. The van der Waals surface area contributed by atoms with Crippen molar-refractivity contribution in [2.75, 3.05) is 19.8 Å². The van der Waals surface area contributed by atoms with Gasteiger partial charge in [0.05, 0.1) is 19.8 Å². The molecule has 0 spiro atoms. The summed E-state index contributed by atoms with van der Waals surface area (Å²) in [5, 5.41) is 0. The lowest BCUT2D eigenvalue weighted by atomic mass is 9.93. The summed E-state index contributed by atoms with van der Waals surface area (Å²) < 4.78 is 1.28. The molecule has 114 valence electrons. The minimum Gasteiger partial charge on any atom is -1.00 e. The topological polar surface area (TPSA) is 0 Å². The number of piperidine rings is 1. The van der Waals surface area contributed by atoms with Crippen molar-refractivity contribution in [3.05, 3.63) is 35.4 Å². The number of nitrogens with zero attached hydrogens (tertiary/aromatic N) is 1. The Hall–Kier alpha value is 0.127. The van der Waals surface area contributed by atoms with E-state index in [1.807, 2.05) is 0 Å². The van der Waals surface area contributed by atoms with Crippen LogP contribution >= 0.6 is 0 Å². The number of likely N-dealkylation sites (tertiary alicyclic amines) is 1. The highest BCUT2D eigenvalue weighted by Gasteiger charge is 2.39. The molecule has 1 heterocycles. The van der Waals surface area contributed by atoms with Crippen molar-refractivity contribution in [3.8, 4) is 0 Å². The van der Waals surface area contributed by atoms with E-state index in [-0.39, 0.29) is 24.0 Å². The van der Waals surface area contributed by atoms with Crippen LogP contribution in [0.2, 0.25) is 19.6 Å². The molecule has 3 heteroatoms. The predicted octanol–water partition coefficient (Wildman–Crippen LogP) is 1.55. The van der Waals surface area contributed by atoms with E-state index in [0.29, 0.717) is 0 Å². The number of benzene rings is 1. The number of rotatable bonds is 3. The Morgan fingerprint density at radius 1 is 1.10 bits per heavy atom. The summed E-state index contributed by atoms with van der Waals surface area (Å²) in [5.41, 5.74) is 2.94. The smallest absolute Gasteiger partial charge is 0.114 e. The molecule has 1 aliphatic rings. The fraction of sp³-hybridized carbons (Fsp3) is 0.647. The second-order valence-electron chi connectivity index (χ2n) is 7.84. The van der Waals surface area contributed by atoms with Gasteiger partial charge in [-0.1, -0.05) is 49.5 Å². The maximum atomic E-state index is 2.51. The van der Waals surface area contributed by atoms with Crippen LogP contribution in [0, 0.1) is 6.92 Å². The van der Waals surface area contributed by atoms with Gasteiger partial charge in [-0.3, -0.25) is 0 Å². The number of quaternary nitrogens is 1. The summed E-state index contributed by atoms with van der Waals surface area (Å²) in [5.74, 6) is 0. The molecule has 0 amide bonds. The van der Waals surface area contributed by atoms with Gasteiger partial charge in [-0.25, -0.2) is 0 Å². The Balaban J connectivity index is 0.00000200. The third-order valence-corrected chi connectivity index (χ3v) is 6.12. The van der Waals surface area contributed by atoms with E-state index in [9.17, 15) is 0 Å². The molecule has 1 saturated heterocycles. The van der Waals surface area contributed by atoms with Gasteiger partial charge in [0, 0.05) is 12.0 Å². The van der Waals surface area contributed by atoms with E-state index >= 15 is 0 Å². The first-order valence-corrected chi connectivity index (χ1v) is 11.4. The third kappa shape index (κ3) is 4.57. The highest BCUT2D eigenvalue weighted by atomic mass is 127. The molecule has 1 fully saturated rings. The van der Waals surface area contributed by atoms with Crippen molar-refractivity contribution in [2.45, 2.75) is 51.9 Å². The van der Waals surface area contributed by atoms with Crippen LogP contribution in [0.25, 0.3) is 0 Å². The Kier molecular flexibility index (Phi) is 6.29. The van der Waals surface area contributed by atoms with Gasteiger partial charge in [0.15, 0.2) is 0 Å². The average molecular weight is 403 g/mol. The molecule has 1 nitrogen and oxygen atoms in total. The molecule has 1 aliphatic heterocycles. The van der Waals surface area contributed by atoms with E-state index in [0.717, 1.165) is 6.04 Å². The van der Waals surface area contributed by atoms with E-state index in [4.69, 9.17) is 0 Å². The second-order valence-corrected chi connectivity index (χ2v) is 13.3. The first-order chi connectivity index (χ1) is 8.80. The van der Waals surface area contributed by atoms with Gasteiger partial charge in [-0.2, -0.15) is 0 Å². The Morgan fingerprint density at radius 2 is 1.70 bits per heavy atom. The zero-order chi connectivity index (χ0) is 14.1. The second kappa shape index (κ2) is 6.92. The largest absolute Gasteiger partial charge is 1.00 e. The number of hydrogen-bond acceptors (Lipinski definition) is 0. The van der Waals surface area contributed by atoms with Gasteiger partial charge in [-0.15, -0.1) is 0 Å². The predicted molar refractivity (Wildman–Crippen MR) is 87.0 cm³/mol.